The number of carbonyl (C=O) groups excluding carboxylic acids is 1. The number of unbranched alkanes of at least 4 members (excludes halogenated alkanes) is 2. The fourth-order valence-corrected chi connectivity index (χ4v) is 5.89. The number of aliphatic hydroxyl groups excluding tert-OH is 1. The van der Waals surface area contributed by atoms with E-state index >= 15 is 0 Å². The van der Waals surface area contributed by atoms with Gasteiger partial charge in [-0.25, -0.2) is 0 Å². The second kappa shape index (κ2) is 14.3. The number of esters is 1. The molecule has 200 valence electrons. The molecule has 0 spiro atoms. The van der Waals surface area contributed by atoms with Gasteiger partial charge in [0.05, 0.1) is 12.5 Å². The van der Waals surface area contributed by atoms with Crippen molar-refractivity contribution in [3.05, 3.63) is 11.7 Å². The van der Waals surface area contributed by atoms with Crippen molar-refractivity contribution in [1.29, 1.82) is 0 Å². The molecule has 1 aromatic heterocycles. The van der Waals surface area contributed by atoms with Crippen molar-refractivity contribution in [2.24, 2.45) is 11.8 Å². The highest BCUT2D eigenvalue weighted by Gasteiger charge is 2.26. The topological polar surface area (TPSA) is 85.5 Å². The predicted molar refractivity (Wildman–Crippen MR) is 138 cm³/mol. The van der Waals surface area contributed by atoms with Crippen LogP contribution in [0.3, 0.4) is 0 Å². The second-order valence-corrected chi connectivity index (χ2v) is 12.2. The zero-order valence-electron chi connectivity index (χ0n) is 22.6. The predicted octanol–water partition coefficient (Wildman–Crippen LogP) is 7.29. The summed E-state index contributed by atoms with van der Waals surface area (Å²) in [5, 5.41) is 13.9. The molecule has 2 fully saturated rings. The van der Waals surface area contributed by atoms with E-state index in [1.165, 1.54) is 70.6 Å². The monoisotopic (exact) mass is 490 g/mol. The van der Waals surface area contributed by atoms with Crippen molar-refractivity contribution >= 4 is 5.97 Å². The van der Waals surface area contributed by atoms with Gasteiger partial charge in [-0.05, 0) is 71.1 Å². The first-order chi connectivity index (χ1) is 16.8. The lowest BCUT2D eigenvalue weighted by molar-refractivity contribution is -0.155. The molecule has 3 rings (SSSR count). The zero-order valence-corrected chi connectivity index (χ0v) is 22.6. The third-order valence-corrected chi connectivity index (χ3v) is 7.88. The zero-order chi connectivity index (χ0) is 25.1. The van der Waals surface area contributed by atoms with Crippen LogP contribution in [0.4, 0.5) is 0 Å². The fourth-order valence-electron chi connectivity index (χ4n) is 5.89. The fraction of sp³-hybridized carbons (Fsp3) is 0.897. The molecule has 2 saturated carbocycles. The van der Waals surface area contributed by atoms with E-state index in [-0.39, 0.29) is 18.0 Å². The largest absolute Gasteiger partial charge is 0.460 e. The van der Waals surface area contributed by atoms with Gasteiger partial charge in [-0.1, -0.05) is 69.4 Å². The SMILES string of the molecule is CC(C)(C)OC(=O)C[C@@H](CCCC1CCCCC1)c1nc(CCCCCC2CCC(O)CC2)no1. The minimum Gasteiger partial charge on any atom is -0.460 e. The normalized spacial score (nSPS) is 22.7. The number of hydrogen-bond donors (Lipinski definition) is 1. The van der Waals surface area contributed by atoms with Crippen LogP contribution in [0.1, 0.15) is 148 Å². The van der Waals surface area contributed by atoms with Crippen LogP contribution in [0.2, 0.25) is 0 Å². The molecule has 1 heterocycles. The van der Waals surface area contributed by atoms with Crippen molar-refractivity contribution in [3.8, 4) is 0 Å². The third kappa shape index (κ3) is 11.0. The Hall–Kier alpha value is -1.43. The Kier molecular flexibility index (Phi) is 11.5. The lowest BCUT2D eigenvalue weighted by Gasteiger charge is -2.25. The average Bonchev–Trinajstić information content (AvgIpc) is 3.28. The Morgan fingerprint density at radius 2 is 1.66 bits per heavy atom. The number of nitrogens with zero attached hydrogens (tertiary/aromatic N) is 2. The first-order valence-electron chi connectivity index (χ1n) is 14.5. The molecule has 2 aliphatic rings. The maximum absolute atomic E-state index is 12.6. The summed E-state index contributed by atoms with van der Waals surface area (Å²) in [6, 6.07) is 0. The van der Waals surface area contributed by atoms with Crippen molar-refractivity contribution in [1.82, 2.24) is 10.1 Å². The molecule has 0 unspecified atom stereocenters. The highest BCUT2D eigenvalue weighted by Crippen LogP contribution is 2.32. The molecule has 6 nitrogen and oxygen atoms in total. The van der Waals surface area contributed by atoms with E-state index in [1.807, 2.05) is 20.8 Å². The number of aryl methyl sites for hydroxylation is 1. The van der Waals surface area contributed by atoms with E-state index in [0.717, 1.165) is 56.2 Å². The van der Waals surface area contributed by atoms with E-state index in [0.29, 0.717) is 12.3 Å². The van der Waals surface area contributed by atoms with Gasteiger partial charge >= 0.3 is 5.97 Å². The number of carbonyl (C=O) groups is 1. The Balaban J connectivity index is 1.44. The summed E-state index contributed by atoms with van der Waals surface area (Å²) in [6.07, 6.45) is 20.1. The molecule has 0 aromatic carbocycles. The molecule has 1 aromatic rings. The van der Waals surface area contributed by atoms with Gasteiger partial charge in [0.25, 0.3) is 0 Å². The number of aromatic nitrogens is 2. The van der Waals surface area contributed by atoms with Crippen LogP contribution in [-0.2, 0) is 16.0 Å². The molecule has 0 amide bonds. The van der Waals surface area contributed by atoms with E-state index in [4.69, 9.17) is 14.2 Å². The summed E-state index contributed by atoms with van der Waals surface area (Å²) >= 11 is 0. The van der Waals surface area contributed by atoms with Crippen LogP contribution in [0, 0.1) is 11.8 Å². The van der Waals surface area contributed by atoms with Gasteiger partial charge in [-0.15, -0.1) is 0 Å². The van der Waals surface area contributed by atoms with Gasteiger partial charge in [-0.3, -0.25) is 4.79 Å². The molecule has 6 heteroatoms. The van der Waals surface area contributed by atoms with Crippen LogP contribution in [-0.4, -0.2) is 32.9 Å². The minimum absolute atomic E-state index is 0.0589. The van der Waals surface area contributed by atoms with E-state index in [1.54, 1.807) is 0 Å². The van der Waals surface area contributed by atoms with Gasteiger partial charge < -0.3 is 14.4 Å². The summed E-state index contributed by atoms with van der Waals surface area (Å²) in [6.45, 7) is 5.72. The molecule has 0 saturated heterocycles. The number of aliphatic hydroxyl groups is 1. The summed E-state index contributed by atoms with van der Waals surface area (Å²) in [5.41, 5.74) is -0.485. The molecule has 35 heavy (non-hydrogen) atoms. The Morgan fingerprint density at radius 3 is 2.37 bits per heavy atom. The third-order valence-electron chi connectivity index (χ3n) is 7.88. The number of hydrogen-bond acceptors (Lipinski definition) is 6. The van der Waals surface area contributed by atoms with E-state index in [2.05, 4.69) is 5.16 Å². The summed E-state index contributed by atoms with van der Waals surface area (Å²) in [7, 11) is 0. The maximum Gasteiger partial charge on any atom is 0.307 e. The molecular formula is C29H50N2O4. The van der Waals surface area contributed by atoms with Crippen LogP contribution in [0.15, 0.2) is 4.52 Å². The van der Waals surface area contributed by atoms with E-state index in [9.17, 15) is 9.90 Å². The molecular weight excluding hydrogens is 440 g/mol. The van der Waals surface area contributed by atoms with Crippen molar-refractivity contribution in [2.45, 2.75) is 154 Å². The summed E-state index contributed by atoms with van der Waals surface area (Å²) in [4.78, 5) is 17.3. The van der Waals surface area contributed by atoms with Crippen LogP contribution < -0.4 is 0 Å². The quantitative estimate of drug-likeness (QED) is 0.231. The van der Waals surface area contributed by atoms with Gasteiger partial charge in [-0.2, -0.15) is 4.98 Å². The molecule has 0 aliphatic heterocycles. The number of rotatable bonds is 13. The minimum atomic E-state index is -0.485. The highest BCUT2D eigenvalue weighted by atomic mass is 16.6. The highest BCUT2D eigenvalue weighted by molar-refractivity contribution is 5.70. The second-order valence-electron chi connectivity index (χ2n) is 12.2. The van der Waals surface area contributed by atoms with Gasteiger partial charge in [0.15, 0.2) is 5.82 Å². The number of ether oxygens (including phenoxy) is 1. The van der Waals surface area contributed by atoms with Crippen LogP contribution in [0.5, 0.6) is 0 Å². The molecule has 0 radical (unpaired) electrons. The van der Waals surface area contributed by atoms with Gasteiger partial charge in [0.1, 0.15) is 5.60 Å². The Labute approximate surface area is 213 Å². The average molecular weight is 491 g/mol. The first kappa shape index (κ1) is 28.1. The summed E-state index contributed by atoms with van der Waals surface area (Å²) in [5.74, 6) is 2.75. The van der Waals surface area contributed by atoms with Gasteiger partial charge in [0, 0.05) is 12.3 Å². The lowest BCUT2D eigenvalue weighted by atomic mass is 9.84. The van der Waals surface area contributed by atoms with Crippen LogP contribution >= 0.6 is 0 Å². The van der Waals surface area contributed by atoms with Crippen molar-refractivity contribution < 1.29 is 19.2 Å². The lowest BCUT2D eigenvalue weighted by Crippen LogP contribution is -2.25. The Bertz CT molecular complexity index is 727. The Morgan fingerprint density at radius 1 is 0.971 bits per heavy atom. The molecule has 0 bridgehead atoms. The summed E-state index contributed by atoms with van der Waals surface area (Å²) < 4.78 is 11.3. The first-order valence-corrected chi connectivity index (χ1v) is 14.5. The molecule has 1 N–H and O–H groups in total. The molecule has 2 aliphatic carbocycles. The standard InChI is InChI=1S/C29H50N2O4/c1-29(2,3)34-27(33)21-24(15-10-14-22-11-6-4-7-12-22)28-30-26(31-35-28)16-9-5-8-13-23-17-19-25(32)20-18-23/h22-25,32H,4-21H2,1-3H3/t23?,24-,25?/m1/s1. The molecule has 1 atom stereocenters. The van der Waals surface area contributed by atoms with Crippen molar-refractivity contribution in [2.75, 3.05) is 0 Å². The van der Waals surface area contributed by atoms with Gasteiger partial charge in [0.2, 0.25) is 5.89 Å². The maximum atomic E-state index is 12.6. The van der Waals surface area contributed by atoms with Crippen LogP contribution in [0.25, 0.3) is 0 Å². The van der Waals surface area contributed by atoms with E-state index < -0.39 is 5.60 Å². The smallest absolute Gasteiger partial charge is 0.307 e. The van der Waals surface area contributed by atoms with Crippen molar-refractivity contribution in [3.63, 3.8) is 0 Å².